The lowest BCUT2D eigenvalue weighted by Crippen LogP contribution is -2.49. The maximum absolute atomic E-state index is 15.1. The summed E-state index contributed by atoms with van der Waals surface area (Å²) in [5, 5.41) is 9.50. The van der Waals surface area contributed by atoms with Crippen LogP contribution in [0.3, 0.4) is 0 Å². The summed E-state index contributed by atoms with van der Waals surface area (Å²) in [4.78, 5) is 40.8. The molecule has 4 rings (SSSR count). The van der Waals surface area contributed by atoms with Crippen molar-refractivity contribution in [2.24, 2.45) is 11.3 Å². The van der Waals surface area contributed by atoms with Gasteiger partial charge >= 0.3 is 5.97 Å². The number of anilines is 1. The van der Waals surface area contributed by atoms with Gasteiger partial charge in [-0.15, -0.1) is 0 Å². The number of carbonyl (C=O) groups excluding carboxylic acids is 1. The van der Waals surface area contributed by atoms with Crippen molar-refractivity contribution in [1.29, 1.82) is 0 Å². The van der Waals surface area contributed by atoms with E-state index in [1.165, 1.54) is 12.3 Å². The number of carboxylic acids is 1. The number of amides is 1. The molecule has 184 valence electrons. The number of aromatic nitrogens is 1. The largest absolute Gasteiger partial charge is 0.477 e. The zero-order chi connectivity index (χ0) is 24.8. The number of benzene rings is 1. The minimum absolute atomic E-state index is 0.0923. The molecule has 2 fully saturated rings. The van der Waals surface area contributed by atoms with Crippen molar-refractivity contribution in [3.63, 3.8) is 0 Å². The number of nitrogens with zero attached hydrogens (tertiary/aromatic N) is 3. The first-order chi connectivity index (χ1) is 15.9. The topological polar surface area (TPSA) is 82.8 Å². The second-order valence-corrected chi connectivity index (χ2v) is 11.1. The van der Waals surface area contributed by atoms with Crippen LogP contribution in [-0.2, 0) is 4.79 Å². The van der Waals surface area contributed by atoms with Crippen molar-refractivity contribution >= 4 is 28.5 Å². The monoisotopic (exact) mass is 471 g/mol. The first-order valence-corrected chi connectivity index (χ1v) is 12.1. The van der Waals surface area contributed by atoms with E-state index in [0.717, 1.165) is 19.3 Å². The Labute approximate surface area is 199 Å². The molecular weight excluding hydrogens is 437 g/mol. The number of fused-ring (bicyclic) bond motifs is 1. The fourth-order valence-corrected chi connectivity index (χ4v) is 5.15. The summed E-state index contributed by atoms with van der Waals surface area (Å²) in [6.07, 6.45) is 4.69. The fourth-order valence-electron chi connectivity index (χ4n) is 5.15. The Morgan fingerprint density at radius 3 is 2.35 bits per heavy atom. The van der Waals surface area contributed by atoms with Crippen molar-refractivity contribution in [3.8, 4) is 0 Å². The molecule has 34 heavy (non-hydrogen) atoms. The molecule has 1 N–H and O–H groups in total. The van der Waals surface area contributed by atoms with Crippen molar-refractivity contribution in [2.45, 2.75) is 59.4 Å². The lowest BCUT2D eigenvalue weighted by Gasteiger charge is -2.37. The van der Waals surface area contributed by atoms with Crippen molar-refractivity contribution in [2.75, 3.05) is 31.1 Å². The SMILES string of the molecule is CC(CC(=O)N1CCN(c2cc3c(cc2F)c(=O)c(C(=O)O)cn3C2CC2)CC1)CC(C)(C)C. The van der Waals surface area contributed by atoms with Crippen LogP contribution in [-0.4, -0.2) is 52.6 Å². The van der Waals surface area contributed by atoms with E-state index < -0.39 is 17.2 Å². The molecule has 7 nitrogen and oxygen atoms in total. The summed E-state index contributed by atoms with van der Waals surface area (Å²) in [5.41, 5.74) is 0.128. The van der Waals surface area contributed by atoms with Gasteiger partial charge in [0, 0.05) is 50.2 Å². The Hall–Kier alpha value is -2.90. The molecular formula is C26H34FN3O4. The van der Waals surface area contributed by atoms with Gasteiger partial charge in [0.1, 0.15) is 11.4 Å². The van der Waals surface area contributed by atoms with E-state index in [-0.39, 0.29) is 28.3 Å². The van der Waals surface area contributed by atoms with E-state index in [1.807, 2.05) is 9.80 Å². The third kappa shape index (κ3) is 5.10. The molecule has 8 heteroatoms. The molecule has 2 heterocycles. The van der Waals surface area contributed by atoms with Crippen LogP contribution in [0.5, 0.6) is 0 Å². The number of pyridine rings is 1. The molecule has 1 aliphatic carbocycles. The van der Waals surface area contributed by atoms with E-state index in [1.54, 1.807) is 10.6 Å². The van der Waals surface area contributed by atoms with Crippen LogP contribution in [0.1, 0.15) is 69.8 Å². The number of rotatable bonds is 6. The first-order valence-electron chi connectivity index (χ1n) is 12.1. The second kappa shape index (κ2) is 9.04. The number of aromatic carboxylic acids is 1. The van der Waals surface area contributed by atoms with Crippen LogP contribution >= 0.6 is 0 Å². The average molecular weight is 472 g/mol. The Kier molecular flexibility index (Phi) is 6.44. The molecule has 1 saturated heterocycles. The maximum Gasteiger partial charge on any atom is 0.341 e. The molecule has 1 amide bonds. The number of piperazine rings is 1. The summed E-state index contributed by atoms with van der Waals surface area (Å²) >= 11 is 0. The summed E-state index contributed by atoms with van der Waals surface area (Å²) in [6, 6.07) is 2.97. The van der Waals surface area contributed by atoms with Gasteiger partial charge in [-0.3, -0.25) is 9.59 Å². The first kappa shape index (κ1) is 24.2. The fraction of sp³-hybridized carbons (Fsp3) is 0.577. The number of carbonyl (C=O) groups is 2. The second-order valence-electron chi connectivity index (χ2n) is 11.1. The smallest absolute Gasteiger partial charge is 0.341 e. The van der Waals surface area contributed by atoms with Gasteiger partial charge in [0.15, 0.2) is 0 Å². The lowest BCUT2D eigenvalue weighted by molar-refractivity contribution is -0.132. The van der Waals surface area contributed by atoms with E-state index >= 15 is 4.39 Å². The minimum Gasteiger partial charge on any atom is -0.477 e. The molecule has 2 aliphatic rings. The third-order valence-electron chi connectivity index (χ3n) is 6.73. The Bertz CT molecular complexity index is 1170. The number of carboxylic acid groups (broad SMARTS) is 1. The molecule has 1 aromatic heterocycles. The van der Waals surface area contributed by atoms with Crippen molar-refractivity contribution in [3.05, 3.63) is 39.9 Å². The van der Waals surface area contributed by atoms with Crippen LogP contribution in [0.2, 0.25) is 0 Å². The van der Waals surface area contributed by atoms with Gasteiger partial charge in [-0.25, -0.2) is 9.18 Å². The predicted octanol–water partition coefficient (Wildman–Crippen LogP) is 4.28. The molecule has 2 aromatic rings. The molecule has 1 aliphatic heterocycles. The molecule has 1 unspecified atom stereocenters. The molecule has 1 aromatic carbocycles. The van der Waals surface area contributed by atoms with Gasteiger partial charge in [-0.05, 0) is 42.7 Å². The normalized spacial score (nSPS) is 17.8. The molecule has 1 saturated carbocycles. The highest BCUT2D eigenvalue weighted by atomic mass is 19.1. The summed E-state index contributed by atoms with van der Waals surface area (Å²) in [5.74, 6) is -1.41. The van der Waals surface area contributed by atoms with Crippen LogP contribution in [0, 0.1) is 17.2 Å². The molecule has 0 radical (unpaired) electrons. The van der Waals surface area contributed by atoms with Gasteiger partial charge in [0.05, 0.1) is 11.2 Å². The number of hydrogen-bond acceptors (Lipinski definition) is 4. The maximum atomic E-state index is 15.1. The van der Waals surface area contributed by atoms with E-state index in [0.29, 0.717) is 49.7 Å². The number of hydrogen-bond donors (Lipinski definition) is 1. The molecule has 0 bridgehead atoms. The van der Waals surface area contributed by atoms with Crippen molar-refractivity contribution in [1.82, 2.24) is 9.47 Å². The van der Waals surface area contributed by atoms with E-state index in [4.69, 9.17) is 0 Å². The van der Waals surface area contributed by atoms with Gasteiger partial charge in [-0.1, -0.05) is 27.7 Å². The summed E-state index contributed by atoms with van der Waals surface area (Å²) in [6.45, 7) is 10.7. The Morgan fingerprint density at radius 2 is 1.79 bits per heavy atom. The average Bonchev–Trinajstić information content (AvgIpc) is 3.57. The van der Waals surface area contributed by atoms with Gasteiger partial charge < -0.3 is 19.5 Å². The van der Waals surface area contributed by atoms with Crippen LogP contribution in [0.4, 0.5) is 10.1 Å². The Morgan fingerprint density at radius 1 is 1.15 bits per heavy atom. The highest BCUT2D eigenvalue weighted by Crippen LogP contribution is 2.38. The third-order valence-corrected chi connectivity index (χ3v) is 6.73. The quantitative estimate of drug-likeness (QED) is 0.680. The predicted molar refractivity (Wildman–Crippen MR) is 130 cm³/mol. The summed E-state index contributed by atoms with van der Waals surface area (Å²) < 4.78 is 16.9. The lowest BCUT2D eigenvalue weighted by atomic mass is 9.84. The zero-order valence-corrected chi connectivity index (χ0v) is 20.4. The van der Waals surface area contributed by atoms with E-state index in [2.05, 4.69) is 27.7 Å². The molecule has 0 spiro atoms. The van der Waals surface area contributed by atoms with Gasteiger partial charge in [-0.2, -0.15) is 0 Å². The summed E-state index contributed by atoms with van der Waals surface area (Å²) in [7, 11) is 0. The zero-order valence-electron chi connectivity index (χ0n) is 20.4. The van der Waals surface area contributed by atoms with Crippen molar-refractivity contribution < 1.29 is 19.1 Å². The Balaban J connectivity index is 1.53. The van der Waals surface area contributed by atoms with E-state index in [9.17, 15) is 19.5 Å². The number of halogens is 1. The molecule has 1 atom stereocenters. The minimum atomic E-state index is -1.30. The van der Waals surface area contributed by atoms with Crippen LogP contribution in [0.15, 0.2) is 23.1 Å². The van der Waals surface area contributed by atoms with Gasteiger partial charge in [0.25, 0.3) is 0 Å². The highest BCUT2D eigenvalue weighted by molar-refractivity contribution is 5.93. The standard InChI is InChI=1S/C26H34FN3O4/c1-16(14-26(2,3)4)11-23(31)29-9-7-28(8-10-29)22-13-21-18(12-20(22)27)24(32)19(25(33)34)15-30(21)17-5-6-17/h12-13,15-17H,5-11,14H2,1-4H3,(H,33,34). The van der Waals surface area contributed by atoms with Crippen LogP contribution < -0.4 is 10.3 Å². The van der Waals surface area contributed by atoms with Gasteiger partial charge in [0.2, 0.25) is 11.3 Å². The van der Waals surface area contributed by atoms with Crippen LogP contribution in [0.25, 0.3) is 10.9 Å². The highest BCUT2D eigenvalue weighted by Gasteiger charge is 2.29.